The van der Waals surface area contributed by atoms with Gasteiger partial charge in [-0.3, -0.25) is 4.79 Å². The Labute approximate surface area is 87.9 Å². The van der Waals surface area contributed by atoms with E-state index in [1.54, 1.807) is 0 Å². The highest BCUT2D eigenvalue weighted by atomic mass is 32.1. The summed E-state index contributed by atoms with van der Waals surface area (Å²) < 4.78 is 5.52. The fraction of sp³-hybridized carbons (Fsp3) is 0.545. The third-order valence-corrected chi connectivity index (χ3v) is 3.60. The van der Waals surface area contributed by atoms with Crippen molar-refractivity contribution in [2.24, 2.45) is 5.92 Å². The van der Waals surface area contributed by atoms with Gasteiger partial charge in [0.2, 0.25) is 0 Å². The summed E-state index contributed by atoms with van der Waals surface area (Å²) in [6, 6.07) is 3.83. The third kappa shape index (κ3) is 1.74. The summed E-state index contributed by atoms with van der Waals surface area (Å²) >= 11 is 1.53. The fourth-order valence-electron chi connectivity index (χ4n) is 1.95. The summed E-state index contributed by atoms with van der Waals surface area (Å²) in [7, 11) is 0. The fourth-order valence-corrected chi connectivity index (χ4v) is 2.68. The zero-order chi connectivity index (χ0) is 9.97. The zero-order valence-electron chi connectivity index (χ0n) is 8.23. The van der Waals surface area contributed by atoms with Crippen molar-refractivity contribution in [2.45, 2.75) is 25.9 Å². The molecule has 2 heterocycles. The first-order valence-electron chi connectivity index (χ1n) is 5.02. The molecule has 0 N–H and O–H groups in total. The molecular weight excluding hydrogens is 196 g/mol. The number of Topliss-reactive ketones (excluding diaryl/α,β-unsaturated/α-hetero) is 1. The lowest BCUT2D eigenvalue weighted by Gasteiger charge is -2.14. The van der Waals surface area contributed by atoms with Gasteiger partial charge in [-0.05, 0) is 24.3 Å². The molecule has 0 amide bonds. The Morgan fingerprint density at radius 2 is 2.57 bits per heavy atom. The van der Waals surface area contributed by atoms with E-state index in [0.717, 1.165) is 24.3 Å². The molecule has 0 aromatic carbocycles. The van der Waals surface area contributed by atoms with Crippen molar-refractivity contribution in [3.63, 3.8) is 0 Å². The predicted octanol–water partition coefficient (Wildman–Crippen LogP) is 2.75. The van der Waals surface area contributed by atoms with Crippen LogP contribution in [0.25, 0.3) is 0 Å². The van der Waals surface area contributed by atoms with Gasteiger partial charge in [0, 0.05) is 6.61 Å². The second-order valence-electron chi connectivity index (χ2n) is 3.55. The van der Waals surface area contributed by atoms with Crippen molar-refractivity contribution >= 4 is 17.1 Å². The van der Waals surface area contributed by atoms with Crippen LogP contribution in [0.4, 0.5) is 0 Å². The van der Waals surface area contributed by atoms with E-state index in [-0.39, 0.29) is 17.8 Å². The van der Waals surface area contributed by atoms with Crippen molar-refractivity contribution in [1.82, 2.24) is 0 Å². The van der Waals surface area contributed by atoms with E-state index in [1.165, 1.54) is 11.3 Å². The van der Waals surface area contributed by atoms with Gasteiger partial charge in [-0.25, -0.2) is 0 Å². The van der Waals surface area contributed by atoms with Crippen LogP contribution in [0.5, 0.6) is 0 Å². The maximum atomic E-state index is 12.0. The lowest BCUT2D eigenvalue weighted by Crippen LogP contribution is -2.23. The number of ether oxygens (including phenoxy) is 1. The third-order valence-electron chi connectivity index (χ3n) is 2.71. The second kappa shape index (κ2) is 4.24. The van der Waals surface area contributed by atoms with E-state index < -0.39 is 0 Å². The molecule has 1 saturated heterocycles. The molecule has 1 aliphatic rings. The minimum Gasteiger partial charge on any atom is -0.377 e. The molecule has 14 heavy (non-hydrogen) atoms. The Hall–Kier alpha value is -0.670. The molecule has 0 radical (unpaired) electrons. The van der Waals surface area contributed by atoms with Crippen LogP contribution >= 0.6 is 11.3 Å². The predicted molar refractivity (Wildman–Crippen MR) is 56.8 cm³/mol. The van der Waals surface area contributed by atoms with Crippen molar-refractivity contribution in [3.05, 3.63) is 22.4 Å². The van der Waals surface area contributed by atoms with E-state index in [4.69, 9.17) is 4.74 Å². The number of ketones is 1. The Kier molecular flexibility index (Phi) is 2.99. The van der Waals surface area contributed by atoms with Gasteiger partial charge in [-0.1, -0.05) is 13.0 Å². The molecule has 0 spiro atoms. The molecule has 1 aromatic heterocycles. The smallest absolute Gasteiger partial charge is 0.178 e. The van der Waals surface area contributed by atoms with Gasteiger partial charge in [-0.15, -0.1) is 11.3 Å². The number of thiophene rings is 1. The Morgan fingerprint density at radius 3 is 3.21 bits per heavy atom. The average molecular weight is 210 g/mol. The van der Waals surface area contributed by atoms with Crippen LogP contribution in [0.1, 0.15) is 29.4 Å². The van der Waals surface area contributed by atoms with Crippen LogP contribution in [0.2, 0.25) is 0 Å². The van der Waals surface area contributed by atoms with Crippen molar-refractivity contribution < 1.29 is 9.53 Å². The summed E-state index contributed by atoms with van der Waals surface area (Å²) in [5.74, 6) is 0.364. The van der Waals surface area contributed by atoms with Crippen LogP contribution in [-0.4, -0.2) is 18.5 Å². The largest absolute Gasteiger partial charge is 0.377 e. The standard InChI is InChI=1S/C11H14O2S/c1-2-9-8(5-6-13-9)11(12)10-4-3-7-14-10/h3-4,7-9H,2,5-6H2,1H3. The molecule has 2 atom stereocenters. The average Bonchev–Trinajstić information content (AvgIpc) is 2.87. The van der Waals surface area contributed by atoms with Crippen molar-refractivity contribution in [3.8, 4) is 0 Å². The lowest BCUT2D eigenvalue weighted by molar-refractivity contribution is 0.0692. The Morgan fingerprint density at radius 1 is 1.71 bits per heavy atom. The van der Waals surface area contributed by atoms with Crippen molar-refractivity contribution in [1.29, 1.82) is 0 Å². The first-order chi connectivity index (χ1) is 6.83. The zero-order valence-corrected chi connectivity index (χ0v) is 9.05. The number of carbonyl (C=O) groups is 1. The normalized spacial score (nSPS) is 26.6. The molecule has 0 aliphatic carbocycles. The minimum atomic E-state index is 0.0960. The van der Waals surface area contributed by atoms with Crippen LogP contribution < -0.4 is 0 Å². The second-order valence-corrected chi connectivity index (χ2v) is 4.50. The van der Waals surface area contributed by atoms with E-state index in [9.17, 15) is 4.79 Å². The molecule has 76 valence electrons. The summed E-state index contributed by atoms with van der Waals surface area (Å²) in [5.41, 5.74) is 0. The van der Waals surface area contributed by atoms with E-state index in [0.29, 0.717) is 0 Å². The molecule has 1 aromatic rings. The quantitative estimate of drug-likeness (QED) is 0.717. The van der Waals surface area contributed by atoms with Gasteiger partial charge < -0.3 is 4.74 Å². The van der Waals surface area contributed by atoms with Gasteiger partial charge in [0.25, 0.3) is 0 Å². The Bertz CT molecular complexity index is 305. The summed E-state index contributed by atoms with van der Waals surface area (Å²) in [6.45, 7) is 2.81. The van der Waals surface area contributed by atoms with Crippen LogP contribution in [0, 0.1) is 5.92 Å². The van der Waals surface area contributed by atoms with Crippen molar-refractivity contribution in [2.75, 3.05) is 6.61 Å². The highest BCUT2D eigenvalue weighted by molar-refractivity contribution is 7.12. The topological polar surface area (TPSA) is 26.3 Å². The summed E-state index contributed by atoms with van der Waals surface area (Å²) in [6.07, 6.45) is 1.96. The molecule has 1 fully saturated rings. The van der Waals surface area contributed by atoms with Gasteiger partial charge in [0.05, 0.1) is 16.9 Å². The highest BCUT2D eigenvalue weighted by Crippen LogP contribution is 2.28. The molecule has 1 aliphatic heterocycles. The Balaban J connectivity index is 2.11. The van der Waals surface area contributed by atoms with E-state index in [2.05, 4.69) is 6.92 Å². The number of hydrogen-bond acceptors (Lipinski definition) is 3. The minimum absolute atomic E-state index is 0.0960. The number of rotatable bonds is 3. The summed E-state index contributed by atoms with van der Waals surface area (Å²) in [5, 5.41) is 1.95. The first kappa shape index (κ1) is 9.87. The number of hydrogen-bond donors (Lipinski definition) is 0. The highest BCUT2D eigenvalue weighted by Gasteiger charge is 2.33. The van der Waals surface area contributed by atoms with Gasteiger partial charge in [0.1, 0.15) is 0 Å². The molecular formula is C11H14O2S. The van der Waals surface area contributed by atoms with Crippen LogP contribution in [0.15, 0.2) is 17.5 Å². The molecule has 2 unspecified atom stereocenters. The van der Waals surface area contributed by atoms with Gasteiger partial charge >= 0.3 is 0 Å². The SMILES string of the molecule is CCC1OCCC1C(=O)c1cccs1. The molecule has 0 bridgehead atoms. The van der Waals surface area contributed by atoms with Gasteiger partial charge in [-0.2, -0.15) is 0 Å². The van der Waals surface area contributed by atoms with Crippen LogP contribution in [-0.2, 0) is 4.74 Å². The maximum Gasteiger partial charge on any atom is 0.178 e. The first-order valence-corrected chi connectivity index (χ1v) is 5.90. The number of carbonyl (C=O) groups excluding carboxylic acids is 1. The molecule has 2 rings (SSSR count). The monoisotopic (exact) mass is 210 g/mol. The lowest BCUT2D eigenvalue weighted by atomic mass is 9.94. The van der Waals surface area contributed by atoms with E-state index >= 15 is 0 Å². The molecule has 2 nitrogen and oxygen atoms in total. The van der Waals surface area contributed by atoms with Gasteiger partial charge in [0.15, 0.2) is 5.78 Å². The molecule has 0 saturated carbocycles. The van der Waals surface area contributed by atoms with E-state index in [1.807, 2.05) is 17.5 Å². The summed E-state index contributed by atoms with van der Waals surface area (Å²) in [4.78, 5) is 12.9. The molecule has 3 heteroatoms. The maximum absolute atomic E-state index is 12.0. The van der Waals surface area contributed by atoms with Crippen LogP contribution in [0.3, 0.4) is 0 Å².